The van der Waals surface area contributed by atoms with E-state index >= 15 is 4.39 Å². The normalized spacial score (nSPS) is 13.8. The number of amides is 1. The third kappa shape index (κ3) is 4.24. The van der Waals surface area contributed by atoms with Crippen molar-refractivity contribution >= 4 is 26.8 Å². The van der Waals surface area contributed by atoms with Gasteiger partial charge in [-0.25, -0.2) is 17.8 Å². The molecule has 2 heterocycles. The molecule has 0 saturated carbocycles. The summed E-state index contributed by atoms with van der Waals surface area (Å²) in [4.78, 5) is 22.2. The monoisotopic (exact) mass is 507 g/mol. The van der Waals surface area contributed by atoms with Gasteiger partial charge in [0, 0.05) is 23.2 Å². The number of ether oxygens (including phenoxy) is 1. The molecule has 1 aromatic heterocycles. The number of fused-ring (bicyclic) bond motifs is 2. The Morgan fingerprint density at radius 2 is 1.89 bits per heavy atom. The third-order valence-corrected chi connectivity index (χ3v) is 8.33. The molecule has 3 aromatic carbocycles. The van der Waals surface area contributed by atoms with Crippen LogP contribution in [0.25, 0.3) is 22.2 Å². The third-order valence-electron chi connectivity index (χ3n) is 6.59. The van der Waals surface area contributed by atoms with Crippen LogP contribution < -0.4 is 4.74 Å². The highest BCUT2D eigenvalue weighted by Crippen LogP contribution is 2.32. The maximum Gasteiger partial charge on any atom is 0.254 e. The standard InChI is InChI=1S/C27H26FN3O4S/c1-3-20-21(7-10-25(26(20)28)36(33,34)4-2)27(32)31-11-12-35-24-9-6-17(13-19(24)15-31)18-5-8-22-23(14-18)30-16-29-22/h5-10,13-14,16H,3-4,11-12,15H2,1-2H3,(H,29,30). The molecule has 0 atom stereocenters. The number of aromatic amines is 1. The maximum atomic E-state index is 15.2. The Morgan fingerprint density at radius 1 is 1.11 bits per heavy atom. The number of aromatic nitrogens is 2. The second kappa shape index (κ2) is 9.39. The number of imidazole rings is 1. The molecule has 0 unspecified atom stereocenters. The van der Waals surface area contributed by atoms with Gasteiger partial charge in [-0.2, -0.15) is 0 Å². The molecular formula is C27H26FN3O4S. The van der Waals surface area contributed by atoms with E-state index in [2.05, 4.69) is 9.97 Å². The summed E-state index contributed by atoms with van der Waals surface area (Å²) >= 11 is 0. The Balaban J connectivity index is 1.48. The number of benzene rings is 3. The molecule has 0 aliphatic carbocycles. The lowest BCUT2D eigenvalue weighted by Gasteiger charge is -2.22. The van der Waals surface area contributed by atoms with Crippen molar-refractivity contribution in [2.24, 2.45) is 0 Å². The SMILES string of the molecule is CCc1c(C(=O)N2CCOc3ccc(-c4ccc5nc[nH]c5c4)cc3C2)ccc(S(=O)(=O)CC)c1F. The van der Waals surface area contributed by atoms with E-state index in [9.17, 15) is 13.2 Å². The van der Waals surface area contributed by atoms with Gasteiger partial charge in [-0.1, -0.05) is 26.0 Å². The van der Waals surface area contributed by atoms with Gasteiger partial charge in [0.2, 0.25) is 0 Å². The first-order chi connectivity index (χ1) is 17.3. The van der Waals surface area contributed by atoms with Crippen molar-refractivity contribution in [3.63, 3.8) is 0 Å². The lowest BCUT2D eigenvalue weighted by molar-refractivity contribution is 0.0731. The largest absolute Gasteiger partial charge is 0.491 e. The summed E-state index contributed by atoms with van der Waals surface area (Å²) in [6.45, 7) is 4.08. The van der Waals surface area contributed by atoms with Crippen molar-refractivity contribution in [3.8, 4) is 16.9 Å². The number of carbonyl (C=O) groups is 1. The summed E-state index contributed by atoms with van der Waals surface area (Å²) in [7, 11) is -3.74. The molecule has 0 bridgehead atoms. The van der Waals surface area contributed by atoms with E-state index in [1.807, 2.05) is 36.4 Å². The van der Waals surface area contributed by atoms with E-state index in [1.165, 1.54) is 19.1 Å². The number of sulfone groups is 1. The predicted molar refractivity (Wildman–Crippen MR) is 135 cm³/mol. The van der Waals surface area contributed by atoms with E-state index in [4.69, 9.17) is 4.74 Å². The van der Waals surface area contributed by atoms with Crippen LogP contribution in [0.1, 0.15) is 35.3 Å². The zero-order valence-electron chi connectivity index (χ0n) is 20.0. The van der Waals surface area contributed by atoms with Crippen LogP contribution in [0.15, 0.2) is 59.8 Å². The summed E-state index contributed by atoms with van der Waals surface area (Å²) in [5.74, 6) is -0.709. The second-order valence-electron chi connectivity index (χ2n) is 8.69. The van der Waals surface area contributed by atoms with Crippen molar-refractivity contribution in [2.75, 3.05) is 18.9 Å². The van der Waals surface area contributed by atoms with Gasteiger partial charge in [-0.15, -0.1) is 0 Å². The van der Waals surface area contributed by atoms with Gasteiger partial charge in [0.25, 0.3) is 5.91 Å². The van der Waals surface area contributed by atoms with Crippen LogP contribution in [-0.4, -0.2) is 48.1 Å². The molecule has 0 saturated heterocycles. The lowest BCUT2D eigenvalue weighted by atomic mass is 10.0. The molecule has 186 valence electrons. The number of H-pyrrole nitrogens is 1. The number of carbonyl (C=O) groups excluding carboxylic acids is 1. The summed E-state index contributed by atoms with van der Waals surface area (Å²) in [6.07, 6.45) is 1.85. The van der Waals surface area contributed by atoms with Gasteiger partial charge >= 0.3 is 0 Å². The first kappa shape index (κ1) is 24.0. The number of halogens is 1. The number of nitrogens with one attached hydrogen (secondary N) is 1. The minimum absolute atomic E-state index is 0.113. The zero-order valence-corrected chi connectivity index (χ0v) is 20.9. The zero-order chi connectivity index (χ0) is 25.4. The Kier molecular flexibility index (Phi) is 6.26. The number of rotatable bonds is 5. The lowest BCUT2D eigenvalue weighted by Crippen LogP contribution is -2.33. The fourth-order valence-electron chi connectivity index (χ4n) is 4.57. The van der Waals surface area contributed by atoms with Crippen LogP contribution >= 0.6 is 0 Å². The molecule has 0 spiro atoms. The molecular weight excluding hydrogens is 481 g/mol. The highest BCUT2D eigenvalue weighted by atomic mass is 32.2. The van der Waals surface area contributed by atoms with Crippen LogP contribution in [0.4, 0.5) is 4.39 Å². The van der Waals surface area contributed by atoms with Gasteiger partial charge in [-0.3, -0.25) is 4.79 Å². The molecule has 5 rings (SSSR count). The van der Waals surface area contributed by atoms with Crippen molar-refractivity contribution in [1.82, 2.24) is 14.9 Å². The van der Waals surface area contributed by atoms with Crippen molar-refractivity contribution in [1.29, 1.82) is 0 Å². The summed E-state index contributed by atoms with van der Waals surface area (Å²) < 4.78 is 45.7. The van der Waals surface area contributed by atoms with E-state index in [0.717, 1.165) is 27.7 Å². The maximum absolute atomic E-state index is 15.2. The summed E-state index contributed by atoms with van der Waals surface area (Å²) in [5, 5.41) is 0. The quantitative estimate of drug-likeness (QED) is 0.421. The Labute approximate surface area is 208 Å². The van der Waals surface area contributed by atoms with Crippen LogP contribution in [0, 0.1) is 5.82 Å². The number of hydrogen-bond donors (Lipinski definition) is 1. The average molecular weight is 508 g/mol. The highest BCUT2D eigenvalue weighted by Gasteiger charge is 2.27. The minimum Gasteiger partial charge on any atom is -0.491 e. The van der Waals surface area contributed by atoms with Crippen molar-refractivity contribution in [2.45, 2.75) is 31.7 Å². The molecule has 9 heteroatoms. The molecule has 7 nitrogen and oxygen atoms in total. The molecule has 0 fully saturated rings. The molecule has 0 radical (unpaired) electrons. The van der Waals surface area contributed by atoms with E-state index in [1.54, 1.807) is 18.2 Å². The van der Waals surface area contributed by atoms with Crippen LogP contribution in [0.3, 0.4) is 0 Å². The molecule has 4 aromatic rings. The molecule has 1 amide bonds. The van der Waals surface area contributed by atoms with Crippen LogP contribution in [0.2, 0.25) is 0 Å². The first-order valence-electron chi connectivity index (χ1n) is 11.8. The second-order valence-corrected chi connectivity index (χ2v) is 10.9. The van der Waals surface area contributed by atoms with Crippen LogP contribution in [0.5, 0.6) is 5.75 Å². The van der Waals surface area contributed by atoms with Gasteiger partial charge in [0.05, 0.1) is 29.7 Å². The smallest absolute Gasteiger partial charge is 0.254 e. The Hall–Kier alpha value is -3.72. The average Bonchev–Trinajstić information content (AvgIpc) is 3.25. The van der Waals surface area contributed by atoms with E-state index in [-0.39, 0.29) is 40.6 Å². The molecule has 1 N–H and O–H groups in total. The van der Waals surface area contributed by atoms with Crippen LogP contribution in [-0.2, 0) is 22.8 Å². The topological polar surface area (TPSA) is 92.4 Å². The summed E-state index contributed by atoms with van der Waals surface area (Å²) in [5.41, 5.74) is 4.91. The van der Waals surface area contributed by atoms with Crippen molar-refractivity contribution in [3.05, 3.63) is 77.4 Å². The predicted octanol–water partition coefficient (Wildman–Crippen LogP) is 4.76. The molecule has 1 aliphatic heterocycles. The highest BCUT2D eigenvalue weighted by molar-refractivity contribution is 7.91. The fourth-order valence-corrected chi connectivity index (χ4v) is 5.56. The van der Waals surface area contributed by atoms with Gasteiger partial charge in [-0.05, 0) is 53.9 Å². The van der Waals surface area contributed by atoms with Gasteiger partial charge < -0.3 is 14.6 Å². The van der Waals surface area contributed by atoms with E-state index < -0.39 is 15.7 Å². The Morgan fingerprint density at radius 3 is 2.67 bits per heavy atom. The van der Waals surface area contributed by atoms with Gasteiger partial charge in [0.15, 0.2) is 9.84 Å². The number of nitrogens with zero attached hydrogens (tertiary/aromatic N) is 2. The summed E-state index contributed by atoms with van der Waals surface area (Å²) in [6, 6.07) is 14.5. The molecule has 36 heavy (non-hydrogen) atoms. The van der Waals surface area contributed by atoms with Crippen molar-refractivity contribution < 1.29 is 22.3 Å². The fraction of sp³-hybridized carbons (Fsp3) is 0.259. The minimum atomic E-state index is -3.74. The molecule has 1 aliphatic rings. The Bertz CT molecular complexity index is 1580. The van der Waals surface area contributed by atoms with Gasteiger partial charge in [0.1, 0.15) is 23.1 Å². The first-order valence-corrected chi connectivity index (χ1v) is 13.5. The van der Waals surface area contributed by atoms with E-state index in [0.29, 0.717) is 18.9 Å². The number of hydrogen-bond acceptors (Lipinski definition) is 5.